The van der Waals surface area contributed by atoms with E-state index in [1.54, 1.807) is 40.2 Å². The van der Waals surface area contributed by atoms with Gasteiger partial charge in [-0.3, -0.25) is 24.0 Å². The first kappa shape index (κ1) is 41.4. The number of carbonyl (C=O) groups excluding carboxylic acids is 5. The molecular formula is C42H47N7O9. The highest BCUT2D eigenvalue weighted by Gasteiger charge is 2.34. The molecule has 1 atom stereocenters. The highest BCUT2D eigenvalue weighted by molar-refractivity contribution is 6.45. The van der Waals surface area contributed by atoms with Crippen molar-refractivity contribution in [1.82, 2.24) is 34.8 Å². The molecule has 0 radical (unpaired) electrons. The molecule has 1 N–H and O–H groups in total. The summed E-state index contributed by atoms with van der Waals surface area (Å²) in [4.78, 5) is 73.3. The highest BCUT2D eigenvalue weighted by atomic mass is 16.5. The standard InChI is InChI=1S/C42H47N7O9/c1-29-26-47(41(53)32-6-4-3-5-7-32)16-17-49(29)42(54)39(52)36-25-44-40-38(36)37(14-15-43-40)58-23-20-55-19-18-48-27-33(45-46-48)28-56-21-22-57-35-12-9-31(10-13-35)8-11-34(51)24-30(2)50/h3-7,9-10,12-15,25,27,29H,8,11,16-24,26,28H2,1-2H3,(H,43,44)/t29-/m1/s1. The predicted octanol–water partition coefficient (Wildman–Crippen LogP) is 3.88. The van der Waals surface area contributed by atoms with Gasteiger partial charge in [-0.25, -0.2) is 9.67 Å². The number of fused-ring (bicyclic) bond motifs is 1. The summed E-state index contributed by atoms with van der Waals surface area (Å²) in [5, 5.41) is 8.68. The first-order chi connectivity index (χ1) is 28.2. The molecule has 0 aliphatic carbocycles. The number of hydrogen-bond acceptors (Lipinski definition) is 12. The molecule has 6 rings (SSSR count). The highest BCUT2D eigenvalue weighted by Crippen LogP contribution is 2.28. The number of Topliss-reactive ketones (excluding diaryl/α,β-unsaturated/α-hetero) is 3. The molecule has 58 heavy (non-hydrogen) atoms. The van der Waals surface area contributed by atoms with Gasteiger partial charge in [-0.1, -0.05) is 35.5 Å². The van der Waals surface area contributed by atoms with Crippen molar-refractivity contribution in [3.8, 4) is 11.5 Å². The van der Waals surface area contributed by atoms with Crippen LogP contribution in [0.3, 0.4) is 0 Å². The fraction of sp³-hybridized carbons (Fsp3) is 0.381. The Morgan fingerprint density at radius 3 is 2.43 bits per heavy atom. The van der Waals surface area contributed by atoms with Crippen LogP contribution in [-0.2, 0) is 43.4 Å². The zero-order chi connectivity index (χ0) is 40.9. The number of ether oxygens (including phenoxy) is 4. The third kappa shape index (κ3) is 11.2. The number of aromatic nitrogens is 5. The van der Waals surface area contributed by atoms with Gasteiger partial charge in [0, 0.05) is 50.1 Å². The number of rotatable bonds is 21. The molecule has 0 spiro atoms. The molecule has 16 heteroatoms. The monoisotopic (exact) mass is 793 g/mol. The zero-order valence-corrected chi connectivity index (χ0v) is 32.6. The van der Waals surface area contributed by atoms with Crippen LogP contribution in [0.25, 0.3) is 11.0 Å². The third-order valence-corrected chi connectivity index (χ3v) is 9.51. The summed E-state index contributed by atoms with van der Waals surface area (Å²) in [5.74, 6) is -0.517. The molecule has 3 aromatic heterocycles. The molecule has 16 nitrogen and oxygen atoms in total. The van der Waals surface area contributed by atoms with E-state index in [1.807, 2.05) is 49.4 Å². The van der Waals surface area contributed by atoms with Gasteiger partial charge in [-0.2, -0.15) is 0 Å². The van der Waals surface area contributed by atoms with E-state index in [-0.39, 0.29) is 61.9 Å². The number of benzene rings is 2. The Morgan fingerprint density at radius 1 is 0.879 bits per heavy atom. The predicted molar refractivity (Wildman–Crippen MR) is 210 cm³/mol. The lowest BCUT2D eigenvalue weighted by molar-refractivity contribution is -0.130. The van der Waals surface area contributed by atoms with Crippen LogP contribution in [0.4, 0.5) is 0 Å². The molecule has 304 valence electrons. The molecule has 1 aliphatic heterocycles. The number of amides is 2. The second kappa shape index (κ2) is 20.2. The SMILES string of the molecule is CC(=O)CC(=O)CCc1ccc(OCCOCc2cn(CCOCCOc3ccnc4[nH]cc(C(=O)C(=O)N5CCN(C(=O)c6ccccc6)C[C@H]5C)c34)nn2)cc1. The first-order valence-electron chi connectivity index (χ1n) is 19.2. The Bertz CT molecular complexity index is 2190. The van der Waals surface area contributed by atoms with Crippen molar-refractivity contribution in [2.24, 2.45) is 0 Å². The molecular weight excluding hydrogens is 747 g/mol. The smallest absolute Gasteiger partial charge is 0.295 e. The zero-order valence-electron chi connectivity index (χ0n) is 32.6. The number of aryl methyl sites for hydroxylation is 1. The lowest BCUT2D eigenvalue weighted by Gasteiger charge is -2.39. The second-order valence-corrected chi connectivity index (χ2v) is 13.9. The largest absolute Gasteiger partial charge is 0.491 e. The summed E-state index contributed by atoms with van der Waals surface area (Å²) in [6.45, 7) is 6.35. The van der Waals surface area contributed by atoms with Crippen molar-refractivity contribution in [2.45, 2.75) is 52.3 Å². The Kier molecular flexibility index (Phi) is 14.4. The maximum atomic E-state index is 13.6. The van der Waals surface area contributed by atoms with Gasteiger partial charge in [0.05, 0.1) is 56.5 Å². The molecule has 1 aliphatic rings. The number of H-pyrrole nitrogens is 1. The van der Waals surface area contributed by atoms with Crippen LogP contribution >= 0.6 is 0 Å². The number of ketones is 3. The Morgan fingerprint density at radius 2 is 1.66 bits per heavy atom. The van der Waals surface area contributed by atoms with Crippen molar-refractivity contribution >= 4 is 40.2 Å². The number of nitrogens with one attached hydrogen (secondary N) is 1. The summed E-state index contributed by atoms with van der Waals surface area (Å²) in [5.41, 5.74) is 2.83. The normalized spacial score (nSPS) is 14.1. The van der Waals surface area contributed by atoms with Gasteiger partial charge >= 0.3 is 0 Å². The van der Waals surface area contributed by atoms with Crippen LogP contribution in [0.15, 0.2) is 79.3 Å². The first-order valence-corrected chi connectivity index (χ1v) is 19.2. The third-order valence-electron chi connectivity index (χ3n) is 9.51. The van der Waals surface area contributed by atoms with Gasteiger partial charge in [0.25, 0.3) is 17.6 Å². The summed E-state index contributed by atoms with van der Waals surface area (Å²) in [7, 11) is 0. The quantitative estimate of drug-likeness (QED) is 0.0490. The van der Waals surface area contributed by atoms with Gasteiger partial charge < -0.3 is 33.7 Å². The van der Waals surface area contributed by atoms with E-state index >= 15 is 0 Å². The molecule has 1 saturated heterocycles. The fourth-order valence-electron chi connectivity index (χ4n) is 6.56. The van der Waals surface area contributed by atoms with Gasteiger partial charge in [-0.05, 0) is 56.2 Å². The number of piperazine rings is 1. The molecule has 2 amide bonds. The number of hydrogen-bond donors (Lipinski definition) is 1. The van der Waals surface area contributed by atoms with E-state index < -0.39 is 11.7 Å². The van der Waals surface area contributed by atoms with Gasteiger partial charge in [0.2, 0.25) is 0 Å². The van der Waals surface area contributed by atoms with E-state index in [1.165, 1.54) is 18.0 Å². The number of pyridine rings is 1. The van der Waals surface area contributed by atoms with Crippen LogP contribution in [-0.4, -0.2) is 123 Å². The van der Waals surface area contributed by atoms with Crippen molar-refractivity contribution in [1.29, 1.82) is 0 Å². The van der Waals surface area contributed by atoms with E-state index in [4.69, 9.17) is 18.9 Å². The molecule has 2 aromatic carbocycles. The molecule has 5 aromatic rings. The van der Waals surface area contributed by atoms with Gasteiger partial charge in [0.1, 0.15) is 47.6 Å². The van der Waals surface area contributed by atoms with E-state index in [2.05, 4.69) is 20.3 Å². The number of nitrogens with zero attached hydrogens (tertiary/aromatic N) is 6. The van der Waals surface area contributed by atoms with Crippen LogP contribution in [0, 0.1) is 0 Å². The lowest BCUT2D eigenvalue weighted by Crippen LogP contribution is -2.56. The van der Waals surface area contributed by atoms with Crippen molar-refractivity contribution in [3.05, 3.63) is 102 Å². The van der Waals surface area contributed by atoms with Crippen LogP contribution in [0.1, 0.15) is 58.7 Å². The number of carbonyl (C=O) groups is 5. The summed E-state index contributed by atoms with van der Waals surface area (Å²) >= 11 is 0. The van der Waals surface area contributed by atoms with Gasteiger partial charge in [0.15, 0.2) is 0 Å². The van der Waals surface area contributed by atoms with E-state index in [0.29, 0.717) is 86.1 Å². The van der Waals surface area contributed by atoms with Crippen LogP contribution < -0.4 is 9.47 Å². The molecule has 4 heterocycles. The Balaban J connectivity index is 0.877. The Hall–Kier alpha value is -6.26. The van der Waals surface area contributed by atoms with Crippen molar-refractivity contribution < 1.29 is 42.9 Å². The number of aromatic amines is 1. The average molecular weight is 794 g/mol. The minimum atomic E-state index is -0.682. The molecule has 0 saturated carbocycles. The minimum absolute atomic E-state index is 0.0156. The molecule has 1 fully saturated rings. The second-order valence-electron chi connectivity index (χ2n) is 13.9. The van der Waals surface area contributed by atoms with Crippen molar-refractivity contribution in [3.63, 3.8) is 0 Å². The molecule has 0 bridgehead atoms. The maximum Gasteiger partial charge on any atom is 0.295 e. The van der Waals surface area contributed by atoms with Crippen LogP contribution in [0.2, 0.25) is 0 Å². The summed E-state index contributed by atoms with van der Waals surface area (Å²) < 4.78 is 24.8. The topological polar surface area (TPSA) is 188 Å². The van der Waals surface area contributed by atoms with Crippen molar-refractivity contribution in [2.75, 3.05) is 52.7 Å². The summed E-state index contributed by atoms with van der Waals surface area (Å²) in [6.07, 6.45) is 5.72. The maximum absolute atomic E-state index is 13.6. The van der Waals surface area contributed by atoms with E-state index in [0.717, 1.165) is 5.56 Å². The van der Waals surface area contributed by atoms with E-state index in [9.17, 15) is 24.0 Å². The summed E-state index contributed by atoms with van der Waals surface area (Å²) in [6, 6.07) is 17.8. The average Bonchev–Trinajstić information content (AvgIpc) is 3.88. The fourth-order valence-corrected chi connectivity index (χ4v) is 6.56. The van der Waals surface area contributed by atoms with Gasteiger partial charge in [-0.15, -0.1) is 5.10 Å². The molecule has 0 unspecified atom stereocenters. The lowest BCUT2D eigenvalue weighted by atomic mass is 10.1. The van der Waals surface area contributed by atoms with Crippen LogP contribution in [0.5, 0.6) is 11.5 Å². The Labute approximate surface area is 335 Å². The minimum Gasteiger partial charge on any atom is -0.491 e.